The molecular weight excluding hydrogens is 253 g/mol. The van der Waals surface area contributed by atoms with Crippen LogP contribution in [0, 0.1) is 6.92 Å². The second-order valence-electron chi connectivity index (χ2n) is 2.71. The van der Waals surface area contributed by atoms with Crippen molar-refractivity contribution in [1.82, 2.24) is 0 Å². The average molecular weight is 264 g/mol. The zero-order chi connectivity index (χ0) is 10.8. The van der Waals surface area contributed by atoms with Crippen molar-refractivity contribution in [3.8, 4) is 5.75 Å². The zero-order valence-corrected chi connectivity index (χ0v) is 8.27. The molecule has 1 aromatic rings. The van der Waals surface area contributed by atoms with Crippen molar-refractivity contribution < 1.29 is 23.9 Å². The Labute approximate surface area is 137 Å². The predicted octanol–water partition coefficient (Wildman–Crippen LogP) is 0.940. The number of benzene rings is 1. The molecule has 0 radical (unpaired) electrons. The van der Waals surface area contributed by atoms with Gasteiger partial charge in [0, 0.05) is 0 Å². The Balaban J connectivity index is 0. The summed E-state index contributed by atoms with van der Waals surface area (Å²) in [6.07, 6.45) is 0. The van der Waals surface area contributed by atoms with Crippen LogP contribution in [0.3, 0.4) is 0 Å². The van der Waals surface area contributed by atoms with Crippen molar-refractivity contribution in [2.75, 3.05) is 0 Å². The number of hydrogen-bond donors (Lipinski definition) is 2. The quantitative estimate of drug-likeness (QED) is 0.627. The maximum atomic E-state index is 10.9. The predicted molar refractivity (Wildman–Crippen MR) is 64.0 cm³/mol. The SMILES string of the molecule is Cc1ccc(OP(=O)(O)C(=O)O)cc1.[NaH].[NaH]. The molecular formula is C8H11Na2O5P. The van der Waals surface area contributed by atoms with E-state index in [4.69, 9.17) is 10.00 Å². The molecule has 0 fully saturated rings. The first-order valence-corrected chi connectivity index (χ1v) is 5.32. The summed E-state index contributed by atoms with van der Waals surface area (Å²) in [7, 11) is -4.58. The first-order chi connectivity index (χ1) is 6.42. The Bertz CT molecular complexity index is 392. The van der Waals surface area contributed by atoms with Crippen molar-refractivity contribution in [1.29, 1.82) is 0 Å². The molecule has 2 N–H and O–H groups in total. The molecule has 1 atom stereocenters. The molecule has 0 aliphatic heterocycles. The molecule has 0 aliphatic carbocycles. The Morgan fingerprint density at radius 3 is 2.06 bits per heavy atom. The van der Waals surface area contributed by atoms with Gasteiger partial charge in [-0.1, -0.05) is 17.7 Å². The molecule has 0 heterocycles. The zero-order valence-electron chi connectivity index (χ0n) is 7.38. The summed E-state index contributed by atoms with van der Waals surface area (Å²) in [5.74, 6) is 0.0591. The number of hydrogen-bond acceptors (Lipinski definition) is 3. The van der Waals surface area contributed by atoms with E-state index in [9.17, 15) is 9.36 Å². The molecule has 0 saturated heterocycles. The van der Waals surface area contributed by atoms with Crippen LogP contribution < -0.4 is 4.52 Å². The van der Waals surface area contributed by atoms with Gasteiger partial charge in [-0.15, -0.1) is 0 Å². The van der Waals surface area contributed by atoms with Gasteiger partial charge in [-0.25, -0.2) is 9.36 Å². The summed E-state index contributed by atoms with van der Waals surface area (Å²) in [4.78, 5) is 19.1. The van der Waals surface area contributed by atoms with E-state index in [0.29, 0.717) is 0 Å². The van der Waals surface area contributed by atoms with Crippen LogP contribution in [0.1, 0.15) is 5.56 Å². The third kappa shape index (κ3) is 5.84. The second-order valence-corrected chi connectivity index (χ2v) is 4.31. The van der Waals surface area contributed by atoms with Gasteiger partial charge >= 0.3 is 72.4 Å². The van der Waals surface area contributed by atoms with Crippen LogP contribution in [0.5, 0.6) is 5.75 Å². The minimum atomic E-state index is -4.58. The Hall–Kier alpha value is 0.680. The van der Waals surface area contributed by atoms with E-state index in [1.807, 2.05) is 6.92 Å². The van der Waals surface area contributed by atoms with Gasteiger partial charge in [0.2, 0.25) is 0 Å². The minimum absolute atomic E-state index is 0. The molecule has 1 unspecified atom stereocenters. The first-order valence-electron chi connectivity index (χ1n) is 3.74. The molecule has 1 aromatic carbocycles. The fraction of sp³-hybridized carbons (Fsp3) is 0.125. The summed E-state index contributed by atoms with van der Waals surface area (Å²) >= 11 is 0. The normalized spacial score (nSPS) is 12.6. The first kappa shape index (κ1) is 19.0. The van der Waals surface area contributed by atoms with E-state index in [1.54, 1.807) is 12.1 Å². The van der Waals surface area contributed by atoms with Crippen molar-refractivity contribution in [2.24, 2.45) is 0 Å². The molecule has 8 heteroatoms. The van der Waals surface area contributed by atoms with Crippen LogP contribution >= 0.6 is 7.60 Å². The number of rotatable bonds is 3. The molecule has 0 bridgehead atoms. The van der Waals surface area contributed by atoms with Crippen molar-refractivity contribution in [3.63, 3.8) is 0 Å². The summed E-state index contributed by atoms with van der Waals surface area (Å²) in [6.45, 7) is 1.83. The van der Waals surface area contributed by atoms with Crippen LogP contribution in [0.15, 0.2) is 24.3 Å². The average Bonchev–Trinajstić information content (AvgIpc) is 2.08. The molecule has 0 saturated carbocycles. The van der Waals surface area contributed by atoms with Crippen molar-refractivity contribution in [2.45, 2.75) is 6.92 Å². The Morgan fingerprint density at radius 2 is 1.69 bits per heavy atom. The molecule has 1 rings (SSSR count). The van der Waals surface area contributed by atoms with E-state index in [1.165, 1.54) is 12.1 Å². The Morgan fingerprint density at radius 1 is 1.25 bits per heavy atom. The number of carbonyl (C=O) groups is 1. The Kier molecular flexibility index (Phi) is 9.40. The molecule has 5 nitrogen and oxygen atoms in total. The standard InChI is InChI=1S/C8H9O5P.2Na.2H/c1-6-2-4-7(5-3-6)13-14(11,12)8(9)10;;;;/h2-5H,1H3,(H,9,10)(H,11,12);;;;. The van der Waals surface area contributed by atoms with Crippen LogP contribution in [0.4, 0.5) is 4.79 Å². The fourth-order valence-electron chi connectivity index (χ4n) is 0.781. The second kappa shape index (κ2) is 7.90. The summed E-state index contributed by atoms with van der Waals surface area (Å²) in [5.41, 5.74) is -0.918. The monoisotopic (exact) mass is 264 g/mol. The van der Waals surface area contributed by atoms with Gasteiger partial charge < -0.3 is 14.5 Å². The van der Waals surface area contributed by atoms with Crippen LogP contribution in [0.25, 0.3) is 0 Å². The van der Waals surface area contributed by atoms with Gasteiger partial charge in [0.25, 0.3) is 0 Å². The van der Waals surface area contributed by atoms with E-state index in [2.05, 4.69) is 4.52 Å². The van der Waals surface area contributed by atoms with Crippen molar-refractivity contribution >= 4 is 72.4 Å². The summed E-state index contributed by atoms with van der Waals surface area (Å²) < 4.78 is 15.3. The molecule has 0 aromatic heterocycles. The van der Waals surface area contributed by atoms with Gasteiger partial charge in [-0.2, -0.15) is 0 Å². The molecule has 0 aliphatic rings. The third-order valence-electron chi connectivity index (χ3n) is 1.49. The van der Waals surface area contributed by atoms with Crippen LogP contribution in [-0.4, -0.2) is 74.8 Å². The van der Waals surface area contributed by atoms with Gasteiger partial charge in [-0.05, 0) is 19.1 Å². The van der Waals surface area contributed by atoms with E-state index >= 15 is 0 Å². The molecule has 0 amide bonds. The molecule has 80 valence electrons. The summed E-state index contributed by atoms with van der Waals surface area (Å²) in [6, 6.07) is 6.16. The topological polar surface area (TPSA) is 83.8 Å². The molecule has 16 heavy (non-hydrogen) atoms. The van der Waals surface area contributed by atoms with E-state index in [0.717, 1.165) is 5.56 Å². The van der Waals surface area contributed by atoms with Gasteiger partial charge in [-0.3, -0.25) is 0 Å². The maximum absolute atomic E-state index is 10.9. The van der Waals surface area contributed by atoms with Gasteiger partial charge in [0.1, 0.15) is 5.75 Å². The van der Waals surface area contributed by atoms with Gasteiger partial charge in [0.05, 0.1) is 0 Å². The third-order valence-corrected chi connectivity index (χ3v) is 2.43. The summed E-state index contributed by atoms with van der Waals surface area (Å²) in [5, 5.41) is 8.32. The van der Waals surface area contributed by atoms with Crippen molar-refractivity contribution in [3.05, 3.63) is 29.8 Å². The fourth-order valence-corrected chi connectivity index (χ4v) is 1.27. The van der Waals surface area contributed by atoms with E-state index in [-0.39, 0.29) is 64.9 Å². The number of carboxylic acid groups (broad SMARTS) is 1. The molecule has 0 spiro atoms. The van der Waals surface area contributed by atoms with Gasteiger partial charge in [0.15, 0.2) is 0 Å². The van der Waals surface area contributed by atoms with Crippen LogP contribution in [-0.2, 0) is 4.57 Å². The number of aryl methyl sites for hydroxylation is 1. The van der Waals surface area contributed by atoms with E-state index < -0.39 is 13.3 Å². The van der Waals surface area contributed by atoms with Crippen LogP contribution in [0.2, 0.25) is 0 Å².